The third kappa shape index (κ3) is 3.51. The van der Waals surface area contributed by atoms with E-state index >= 15 is 0 Å². The number of carbonyl (C=O) groups is 1. The molecule has 106 valence electrons. The zero-order valence-electron chi connectivity index (χ0n) is 11.7. The molecule has 2 heterocycles. The van der Waals surface area contributed by atoms with Crippen LogP contribution < -0.4 is 10.6 Å². The zero-order valence-corrected chi connectivity index (χ0v) is 12.5. The van der Waals surface area contributed by atoms with Crippen molar-refractivity contribution in [3.05, 3.63) is 34.2 Å². The normalized spacial score (nSPS) is 11.9. The third-order valence-corrected chi connectivity index (χ3v) is 3.73. The Balaban J connectivity index is 2.06. The van der Waals surface area contributed by atoms with Gasteiger partial charge in [-0.05, 0) is 20.8 Å². The van der Waals surface area contributed by atoms with Crippen molar-refractivity contribution in [3.63, 3.8) is 0 Å². The van der Waals surface area contributed by atoms with Crippen LogP contribution in [0.2, 0.25) is 0 Å². The summed E-state index contributed by atoms with van der Waals surface area (Å²) >= 11 is 1.53. The quantitative estimate of drug-likeness (QED) is 0.882. The molecule has 2 aromatic rings. The van der Waals surface area contributed by atoms with Crippen molar-refractivity contribution < 1.29 is 4.79 Å². The zero-order chi connectivity index (χ0) is 14.5. The summed E-state index contributed by atoms with van der Waals surface area (Å²) in [5.41, 5.74) is 1.25. The summed E-state index contributed by atoms with van der Waals surface area (Å²) in [5.74, 6) is 0.343. The number of hydrogen-bond acceptors (Lipinski definition) is 6. The monoisotopic (exact) mass is 291 g/mol. The maximum Gasteiger partial charge on any atom is 0.272 e. The van der Waals surface area contributed by atoms with Gasteiger partial charge in [0.2, 0.25) is 0 Å². The fourth-order valence-corrected chi connectivity index (χ4v) is 2.45. The highest BCUT2D eigenvalue weighted by molar-refractivity contribution is 7.09. The Hall–Kier alpha value is -2.02. The predicted octanol–water partition coefficient (Wildman–Crippen LogP) is 2.16. The number of rotatable bonds is 5. The van der Waals surface area contributed by atoms with Crippen LogP contribution in [0, 0.1) is 6.92 Å². The van der Waals surface area contributed by atoms with Crippen molar-refractivity contribution in [2.24, 2.45) is 0 Å². The highest BCUT2D eigenvalue weighted by Crippen LogP contribution is 2.17. The second kappa shape index (κ2) is 6.42. The number of nitrogens with zero attached hydrogens (tertiary/aromatic N) is 3. The summed E-state index contributed by atoms with van der Waals surface area (Å²) in [7, 11) is 0. The molecule has 0 aliphatic heterocycles. The lowest BCUT2D eigenvalue weighted by Gasteiger charge is -2.11. The topological polar surface area (TPSA) is 79.8 Å². The summed E-state index contributed by atoms with van der Waals surface area (Å²) < 4.78 is 0. The van der Waals surface area contributed by atoms with Crippen LogP contribution in [0.25, 0.3) is 0 Å². The molecule has 7 heteroatoms. The lowest BCUT2D eigenvalue weighted by molar-refractivity contribution is 0.0934. The van der Waals surface area contributed by atoms with Crippen molar-refractivity contribution in [1.29, 1.82) is 0 Å². The van der Waals surface area contributed by atoms with Crippen LogP contribution in [0.1, 0.15) is 41.1 Å². The first-order chi connectivity index (χ1) is 9.60. The van der Waals surface area contributed by atoms with E-state index in [0.29, 0.717) is 11.5 Å². The minimum Gasteiger partial charge on any atom is -0.369 e. The van der Waals surface area contributed by atoms with Crippen molar-refractivity contribution >= 4 is 23.1 Å². The summed E-state index contributed by atoms with van der Waals surface area (Å²) in [6.45, 7) is 6.52. The van der Waals surface area contributed by atoms with Crippen LogP contribution >= 0.6 is 11.3 Å². The molecule has 1 amide bonds. The Kier molecular flexibility index (Phi) is 4.62. The van der Waals surface area contributed by atoms with Crippen LogP contribution in [0.15, 0.2) is 17.8 Å². The van der Waals surface area contributed by atoms with Gasteiger partial charge in [-0.15, -0.1) is 11.3 Å². The average Bonchev–Trinajstić information content (AvgIpc) is 2.86. The second-order valence-electron chi connectivity index (χ2n) is 4.34. The molecule has 1 atom stereocenters. The molecular formula is C13H17N5OS. The molecule has 1 unspecified atom stereocenters. The lowest BCUT2D eigenvalue weighted by atomic mass is 10.3. The SMILES string of the molecule is CCNc1cncc(C(=O)NC(C)c2nc(C)cs2)n1. The number of amides is 1. The minimum absolute atomic E-state index is 0.147. The molecule has 6 nitrogen and oxygen atoms in total. The summed E-state index contributed by atoms with van der Waals surface area (Å²) in [4.78, 5) is 24.7. The number of aryl methyl sites for hydroxylation is 1. The van der Waals surface area contributed by atoms with E-state index in [0.717, 1.165) is 17.2 Å². The van der Waals surface area contributed by atoms with E-state index < -0.39 is 0 Å². The Morgan fingerprint density at radius 2 is 2.20 bits per heavy atom. The van der Waals surface area contributed by atoms with E-state index in [4.69, 9.17) is 0 Å². The maximum atomic E-state index is 12.1. The number of anilines is 1. The smallest absolute Gasteiger partial charge is 0.272 e. The second-order valence-corrected chi connectivity index (χ2v) is 5.23. The Labute approximate surface area is 121 Å². The van der Waals surface area contributed by atoms with Crippen LogP contribution in [0.5, 0.6) is 0 Å². The molecule has 2 rings (SSSR count). The Morgan fingerprint density at radius 3 is 2.85 bits per heavy atom. The van der Waals surface area contributed by atoms with Crippen LogP contribution in [0.4, 0.5) is 5.82 Å². The first-order valence-corrected chi connectivity index (χ1v) is 7.27. The first-order valence-electron chi connectivity index (χ1n) is 6.39. The first kappa shape index (κ1) is 14.4. The van der Waals surface area contributed by atoms with Crippen molar-refractivity contribution in [2.75, 3.05) is 11.9 Å². The number of thiazole rings is 1. The summed E-state index contributed by atoms with van der Waals surface area (Å²) in [6, 6.07) is -0.147. The van der Waals surface area contributed by atoms with Crippen molar-refractivity contribution in [2.45, 2.75) is 26.8 Å². The van der Waals surface area contributed by atoms with E-state index in [1.807, 2.05) is 26.2 Å². The molecule has 0 radical (unpaired) electrons. The van der Waals surface area contributed by atoms with Gasteiger partial charge in [-0.1, -0.05) is 0 Å². The molecule has 0 spiro atoms. The lowest BCUT2D eigenvalue weighted by Crippen LogP contribution is -2.27. The predicted molar refractivity (Wildman–Crippen MR) is 78.9 cm³/mol. The molecule has 2 aromatic heterocycles. The van der Waals surface area contributed by atoms with Gasteiger partial charge in [-0.3, -0.25) is 9.78 Å². The van der Waals surface area contributed by atoms with Gasteiger partial charge < -0.3 is 10.6 Å². The molecule has 0 saturated heterocycles. The summed E-state index contributed by atoms with van der Waals surface area (Å²) in [5, 5.41) is 8.74. The minimum atomic E-state index is -0.252. The largest absolute Gasteiger partial charge is 0.369 e. The van der Waals surface area contributed by atoms with Gasteiger partial charge in [0.15, 0.2) is 0 Å². The highest BCUT2D eigenvalue weighted by Gasteiger charge is 2.15. The fraction of sp³-hybridized carbons (Fsp3) is 0.385. The van der Waals surface area contributed by atoms with Crippen LogP contribution in [-0.2, 0) is 0 Å². The van der Waals surface area contributed by atoms with E-state index in [-0.39, 0.29) is 11.9 Å². The van der Waals surface area contributed by atoms with E-state index in [1.165, 1.54) is 17.5 Å². The van der Waals surface area contributed by atoms with E-state index in [2.05, 4.69) is 25.6 Å². The van der Waals surface area contributed by atoms with Gasteiger partial charge in [0, 0.05) is 17.6 Å². The molecule has 0 aromatic carbocycles. The summed E-state index contributed by atoms with van der Waals surface area (Å²) in [6.07, 6.45) is 3.05. The van der Waals surface area contributed by atoms with Gasteiger partial charge >= 0.3 is 0 Å². The van der Waals surface area contributed by atoms with Crippen molar-refractivity contribution in [3.8, 4) is 0 Å². The molecule has 0 aliphatic carbocycles. The molecule has 0 fully saturated rings. The van der Waals surface area contributed by atoms with Crippen LogP contribution in [-0.4, -0.2) is 27.4 Å². The Morgan fingerprint density at radius 1 is 1.40 bits per heavy atom. The van der Waals surface area contributed by atoms with Crippen LogP contribution in [0.3, 0.4) is 0 Å². The van der Waals surface area contributed by atoms with Gasteiger partial charge in [0.05, 0.1) is 18.4 Å². The maximum absolute atomic E-state index is 12.1. The molecule has 0 bridgehead atoms. The average molecular weight is 291 g/mol. The standard InChI is InChI=1S/C13H17N5OS/c1-4-15-11-6-14-5-10(18-11)12(19)17-9(3)13-16-8(2)7-20-13/h5-7,9H,4H2,1-3H3,(H,15,18)(H,17,19). The fourth-order valence-electron chi connectivity index (χ4n) is 1.65. The number of nitrogens with one attached hydrogen (secondary N) is 2. The molecule has 2 N–H and O–H groups in total. The van der Waals surface area contributed by atoms with Gasteiger partial charge in [0.25, 0.3) is 5.91 Å². The molecule has 0 aliphatic rings. The number of carbonyl (C=O) groups excluding carboxylic acids is 1. The highest BCUT2D eigenvalue weighted by atomic mass is 32.1. The van der Waals surface area contributed by atoms with Crippen molar-refractivity contribution in [1.82, 2.24) is 20.3 Å². The molecule has 0 saturated carbocycles. The van der Waals surface area contributed by atoms with Gasteiger partial charge in [-0.25, -0.2) is 9.97 Å². The molecule has 20 heavy (non-hydrogen) atoms. The van der Waals surface area contributed by atoms with Gasteiger partial charge in [-0.2, -0.15) is 0 Å². The van der Waals surface area contributed by atoms with E-state index in [1.54, 1.807) is 6.20 Å². The third-order valence-electron chi connectivity index (χ3n) is 2.58. The van der Waals surface area contributed by atoms with Gasteiger partial charge in [0.1, 0.15) is 16.5 Å². The van der Waals surface area contributed by atoms with E-state index in [9.17, 15) is 4.79 Å². The molecular weight excluding hydrogens is 274 g/mol. The Bertz CT molecular complexity index is 598. The number of aromatic nitrogens is 3. The number of hydrogen-bond donors (Lipinski definition) is 2.